The molecule has 0 amide bonds. The van der Waals surface area contributed by atoms with Crippen molar-refractivity contribution < 1.29 is 14.3 Å². The number of carbonyl (C=O) groups excluding carboxylic acids is 1. The third-order valence-electron chi connectivity index (χ3n) is 2.14. The molecule has 2 rings (SSSR count). The molecule has 0 aliphatic carbocycles. The summed E-state index contributed by atoms with van der Waals surface area (Å²) in [7, 11) is 0. The number of hydrogen-bond acceptors (Lipinski definition) is 6. The molecular weight excluding hydrogens is 332 g/mol. The van der Waals surface area contributed by atoms with E-state index >= 15 is 0 Å². The van der Waals surface area contributed by atoms with E-state index in [0.717, 1.165) is 21.4 Å². The van der Waals surface area contributed by atoms with Gasteiger partial charge in [0.1, 0.15) is 5.75 Å². The lowest BCUT2D eigenvalue weighted by Crippen LogP contribution is -2.03. The molecule has 0 fully saturated rings. The van der Waals surface area contributed by atoms with Gasteiger partial charge in [-0.25, -0.2) is 4.79 Å². The molecule has 0 aliphatic heterocycles. The highest BCUT2D eigenvalue weighted by Crippen LogP contribution is 2.31. The minimum atomic E-state index is -0.488. The number of halogens is 1. The summed E-state index contributed by atoms with van der Waals surface area (Å²) in [6, 6.07) is 5.68. The van der Waals surface area contributed by atoms with Crippen molar-refractivity contribution in [1.82, 2.24) is 10.2 Å². The van der Waals surface area contributed by atoms with Gasteiger partial charge in [-0.3, -0.25) is 0 Å². The van der Waals surface area contributed by atoms with Gasteiger partial charge >= 0.3 is 5.97 Å². The van der Waals surface area contributed by atoms with Crippen molar-refractivity contribution >= 4 is 33.2 Å². The van der Waals surface area contributed by atoms with Gasteiger partial charge in [-0.2, -0.15) is 0 Å². The minimum absolute atomic E-state index is 0.181. The molecule has 0 saturated carbocycles. The summed E-state index contributed by atoms with van der Waals surface area (Å²) in [6.45, 7) is 4.02. The molecule has 0 radical (unpaired) electrons. The third-order valence-corrected chi connectivity index (χ3v) is 3.54. The molecule has 0 aliphatic rings. The van der Waals surface area contributed by atoms with Gasteiger partial charge in [0.05, 0.1) is 11.1 Å². The highest BCUT2D eigenvalue weighted by atomic mass is 79.9. The van der Waals surface area contributed by atoms with Crippen LogP contribution in [-0.4, -0.2) is 22.8 Å². The van der Waals surface area contributed by atoms with Crippen LogP contribution in [-0.2, 0) is 4.74 Å². The van der Waals surface area contributed by atoms with Crippen LogP contribution in [0.15, 0.2) is 22.7 Å². The van der Waals surface area contributed by atoms with Crippen molar-refractivity contribution in [1.29, 1.82) is 0 Å². The maximum absolute atomic E-state index is 11.4. The Labute approximate surface area is 122 Å². The van der Waals surface area contributed by atoms with Gasteiger partial charge < -0.3 is 9.47 Å². The molecule has 0 saturated heterocycles. The van der Waals surface area contributed by atoms with Crippen LogP contribution in [0, 0.1) is 6.92 Å². The van der Waals surface area contributed by atoms with Crippen LogP contribution in [0.25, 0.3) is 0 Å². The van der Waals surface area contributed by atoms with Gasteiger partial charge in [0.25, 0.3) is 5.19 Å². The van der Waals surface area contributed by atoms with Gasteiger partial charge in [-0.05, 0) is 58.8 Å². The maximum Gasteiger partial charge on any atom is 0.369 e. The van der Waals surface area contributed by atoms with Crippen molar-refractivity contribution in [3.8, 4) is 10.9 Å². The molecule has 100 valence electrons. The summed E-state index contributed by atoms with van der Waals surface area (Å²) < 4.78 is 11.2. The number of carbonyl (C=O) groups is 1. The highest BCUT2D eigenvalue weighted by molar-refractivity contribution is 9.10. The zero-order valence-corrected chi connectivity index (χ0v) is 12.7. The lowest BCUT2D eigenvalue weighted by atomic mass is 10.2. The first kappa shape index (κ1) is 14.0. The monoisotopic (exact) mass is 342 g/mol. The van der Waals surface area contributed by atoms with E-state index in [1.54, 1.807) is 6.92 Å². The molecule has 2 aromatic rings. The van der Waals surface area contributed by atoms with E-state index in [-0.39, 0.29) is 5.01 Å². The first-order valence-electron chi connectivity index (χ1n) is 5.54. The normalized spacial score (nSPS) is 10.3. The van der Waals surface area contributed by atoms with E-state index < -0.39 is 5.97 Å². The van der Waals surface area contributed by atoms with E-state index in [0.29, 0.717) is 17.6 Å². The molecule has 0 spiro atoms. The minimum Gasteiger partial charge on any atom is -0.461 e. The van der Waals surface area contributed by atoms with Gasteiger partial charge in [-0.15, -0.1) is 5.10 Å². The predicted molar refractivity (Wildman–Crippen MR) is 74.8 cm³/mol. The second-order valence-electron chi connectivity index (χ2n) is 3.63. The van der Waals surface area contributed by atoms with E-state index in [9.17, 15) is 4.79 Å². The highest BCUT2D eigenvalue weighted by Gasteiger charge is 2.15. The van der Waals surface area contributed by atoms with Crippen molar-refractivity contribution in [2.75, 3.05) is 6.61 Å². The number of benzene rings is 1. The largest absolute Gasteiger partial charge is 0.461 e. The van der Waals surface area contributed by atoms with Gasteiger partial charge in [0.2, 0.25) is 5.01 Å². The van der Waals surface area contributed by atoms with E-state index in [4.69, 9.17) is 9.47 Å². The Hall–Kier alpha value is -1.47. The fourth-order valence-electron chi connectivity index (χ4n) is 1.31. The molecule has 1 aromatic heterocycles. The summed E-state index contributed by atoms with van der Waals surface area (Å²) in [4.78, 5) is 11.4. The molecule has 1 heterocycles. The lowest BCUT2D eigenvalue weighted by molar-refractivity contribution is 0.0525. The number of esters is 1. The zero-order chi connectivity index (χ0) is 13.8. The third kappa shape index (κ3) is 3.51. The first-order chi connectivity index (χ1) is 9.10. The number of aromatic nitrogens is 2. The number of aryl methyl sites for hydroxylation is 1. The zero-order valence-electron chi connectivity index (χ0n) is 10.3. The van der Waals surface area contributed by atoms with Gasteiger partial charge in [-0.1, -0.05) is 11.2 Å². The summed E-state index contributed by atoms with van der Waals surface area (Å²) in [6.07, 6.45) is 0. The Morgan fingerprint density at radius 1 is 1.42 bits per heavy atom. The number of nitrogens with zero attached hydrogens (tertiary/aromatic N) is 2. The van der Waals surface area contributed by atoms with Crippen LogP contribution >= 0.6 is 27.3 Å². The predicted octanol–water partition coefficient (Wildman–Crippen LogP) is 3.58. The van der Waals surface area contributed by atoms with Crippen LogP contribution < -0.4 is 4.74 Å². The molecule has 5 nitrogen and oxygen atoms in total. The summed E-state index contributed by atoms with van der Waals surface area (Å²) in [5.74, 6) is 0.134. The van der Waals surface area contributed by atoms with Crippen molar-refractivity contribution in [3.63, 3.8) is 0 Å². The Kier molecular flexibility index (Phi) is 4.49. The molecule has 1 aromatic carbocycles. The van der Waals surface area contributed by atoms with Crippen LogP contribution in [0.5, 0.6) is 10.9 Å². The van der Waals surface area contributed by atoms with Crippen molar-refractivity contribution in [3.05, 3.63) is 33.2 Å². The standard InChI is InChI=1S/C12H11BrN2O3S/c1-3-17-11(16)10-14-15-12(19-10)18-9-5-4-7(2)6-8(9)13/h4-6H,3H2,1-2H3. The van der Waals surface area contributed by atoms with Crippen LogP contribution in [0.4, 0.5) is 0 Å². The second-order valence-corrected chi connectivity index (χ2v) is 5.42. The SMILES string of the molecule is CCOC(=O)c1nnc(Oc2ccc(C)cc2Br)s1. The quantitative estimate of drug-likeness (QED) is 0.794. The summed E-state index contributed by atoms with van der Waals surface area (Å²) in [5.41, 5.74) is 1.11. The summed E-state index contributed by atoms with van der Waals surface area (Å²) in [5, 5.41) is 8.01. The Morgan fingerprint density at radius 3 is 2.89 bits per heavy atom. The van der Waals surface area contributed by atoms with Crippen LogP contribution in [0.1, 0.15) is 22.3 Å². The smallest absolute Gasteiger partial charge is 0.369 e. The molecule has 0 N–H and O–H groups in total. The maximum atomic E-state index is 11.4. The molecule has 0 bridgehead atoms. The molecule has 0 atom stereocenters. The molecular formula is C12H11BrN2O3S. The topological polar surface area (TPSA) is 61.3 Å². The van der Waals surface area contributed by atoms with Crippen LogP contribution in [0.2, 0.25) is 0 Å². The Bertz CT molecular complexity index is 600. The fourth-order valence-corrected chi connectivity index (χ4v) is 2.49. The number of rotatable bonds is 4. The van der Waals surface area contributed by atoms with Gasteiger partial charge in [0, 0.05) is 0 Å². The Morgan fingerprint density at radius 2 is 2.21 bits per heavy atom. The fraction of sp³-hybridized carbons (Fsp3) is 0.250. The van der Waals surface area contributed by atoms with Crippen molar-refractivity contribution in [2.24, 2.45) is 0 Å². The van der Waals surface area contributed by atoms with Crippen molar-refractivity contribution in [2.45, 2.75) is 13.8 Å². The van der Waals surface area contributed by atoms with Crippen LogP contribution in [0.3, 0.4) is 0 Å². The Balaban J connectivity index is 2.13. The second kappa shape index (κ2) is 6.12. The molecule has 7 heteroatoms. The molecule has 0 unspecified atom stereocenters. The first-order valence-corrected chi connectivity index (χ1v) is 7.15. The van der Waals surface area contributed by atoms with E-state index in [2.05, 4.69) is 26.1 Å². The lowest BCUT2D eigenvalue weighted by Gasteiger charge is -2.04. The number of ether oxygens (including phenoxy) is 2. The number of hydrogen-bond donors (Lipinski definition) is 0. The van der Waals surface area contributed by atoms with E-state index in [1.807, 2.05) is 25.1 Å². The average molecular weight is 343 g/mol. The van der Waals surface area contributed by atoms with Gasteiger partial charge in [0.15, 0.2) is 0 Å². The summed E-state index contributed by atoms with van der Waals surface area (Å²) >= 11 is 4.45. The average Bonchev–Trinajstić information content (AvgIpc) is 2.82. The molecule has 19 heavy (non-hydrogen) atoms. The van der Waals surface area contributed by atoms with E-state index in [1.165, 1.54) is 0 Å².